The van der Waals surface area contributed by atoms with Crippen molar-refractivity contribution in [3.63, 3.8) is 0 Å². The van der Waals surface area contributed by atoms with Crippen LogP contribution in [0.2, 0.25) is 5.02 Å². The average Bonchev–Trinajstić information content (AvgIpc) is 2.30. The first-order valence-electron chi connectivity index (χ1n) is 5.26. The van der Waals surface area contributed by atoms with Gasteiger partial charge >= 0.3 is 0 Å². The van der Waals surface area contributed by atoms with Crippen LogP contribution in [0.4, 0.5) is 5.69 Å². The van der Waals surface area contributed by atoms with Crippen molar-refractivity contribution in [3.05, 3.63) is 28.8 Å². The minimum Gasteiger partial charge on any atom is -0.370 e. The van der Waals surface area contributed by atoms with Gasteiger partial charge in [0.15, 0.2) is 0 Å². The zero-order valence-electron chi connectivity index (χ0n) is 8.54. The second kappa shape index (κ2) is 4.55. The molecule has 1 heterocycles. The summed E-state index contributed by atoms with van der Waals surface area (Å²) in [5.41, 5.74) is 1.60. The van der Waals surface area contributed by atoms with E-state index in [-0.39, 0.29) is 0 Å². The van der Waals surface area contributed by atoms with Crippen molar-refractivity contribution in [1.82, 2.24) is 0 Å². The molecule has 1 fully saturated rings. The summed E-state index contributed by atoms with van der Waals surface area (Å²) >= 11 is 6.00. The van der Waals surface area contributed by atoms with Crippen LogP contribution in [-0.4, -0.2) is 13.1 Å². The number of anilines is 1. The molecule has 1 aliphatic heterocycles. The summed E-state index contributed by atoms with van der Waals surface area (Å²) in [5, 5.41) is 9.62. The van der Waals surface area contributed by atoms with Crippen LogP contribution in [0.25, 0.3) is 0 Å². The molecule has 0 atom stereocenters. The Kier molecular flexibility index (Phi) is 3.13. The molecular weight excluding hydrogens is 208 g/mol. The van der Waals surface area contributed by atoms with Crippen molar-refractivity contribution in [1.29, 1.82) is 5.26 Å². The van der Waals surface area contributed by atoms with Crippen molar-refractivity contribution >= 4 is 17.3 Å². The molecule has 15 heavy (non-hydrogen) atoms. The van der Waals surface area contributed by atoms with Crippen LogP contribution in [0.5, 0.6) is 0 Å². The molecule has 2 rings (SSSR count). The third kappa shape index (κ3) is 2.08. The third-order valence-electron chi connectivity index (χ3n) is 2.80. The number of hydrogen-bond donors (Lipinski definition) is 0. The first-order valence-corrected chi connectivity index (χ1v) is 5.64. The van der Waals surface area contributed by atoms with Gasteiger partial charge in [0, 0.05) is 13.1 Å². The van der Waals surface area contributed by atoms with Gasteiger partial charge in [0.25, 0.3) is 0 Å². The molecule has 0 bridgehead atoms. The van der Waals surface area contributed by atoms with E-state index < -0.39 is 0 Å². The quantitative estimate of drug-likeness (QED) is 0.727. The average molecular weight is 221 g/mol. The lowest BCUT2D eigenvalue weighted by Gasteiger charge is -2.29. The Labute approximate surface area is 95.1 Å². The van der Waals surface area contributed by atoms with Gasteiger partial charge in [-0.15, -0.1) is 0 Å². The van der Waals surface area contributed by atoms with E-state index in [2.05, 4.69) is 11.0 Å². The summed E-state index contributed by atoms with van der Waals surface area (Å²) in [4.78, 5) is 2.26. The highest BCUT2D eigenvalue weighted by molar-refractivity contribution is 6.32. The number of piperidine rings is 1. The van der Waals surface area contributed by atoms with E-state index in [0.29, 0.717) is 10.6 Å². The van der Waals surface area contributed by atoms with Crippen LogP contribution >= 0.6 is 11.6 Å². The van der Waals surface area contributed by atoms with Gasteiger partial charge in [-0.05, 0) is 31.4 Å². The number of nitriles is 1. The summed E-state index contributed by atoms with van der Waals surface area (Å²) in [6, 6.07) is 7.85. The fraction of sp³-hybridized carbons (Fsp3) is 0.417. The fourth-order valence-electron chi connectivity index (χ4n) is 2.02. The maximum atomic E-state index is 9.07. The number of halogens is 1. The van der Waals surface area contributed by atoms with Crippen LogP contribution in [0.3, 0.4) is 0 Å². The van der Waals surface area contributed by atoms with Gasteiger partial charge in [0.1, 0.15) is 6.07 Å². The Balaban J connectivity index is 2.34. The number of nitrogens with zero attached hydrogens (tertiary/aromatic N) is 2. The Hall–Kier alpha value is -1.20. The minimum atomic E-state index is 0.556. The van der Waals surface area contributed by atoms with Crippen molar-refractivity contribution < 1.29 is 0 Å². The third-order valence-corrected chi connectivity index (χ3v) is 3.12. The maximum Gasteiger partial charge on any atom is 0.103 e. The summed E-state index contributed by atoms with van der Waals surface area (Å²) in [6.07, 6.45) is 3.70. The lowest BCUT2D eigenvalue weighted by atomic mass is 10.1. The van der Waals surface area contributed by atoms with Crippen molar-refractivity contribution in [2.75, 3.05) is 18.0 Å². The van der Waals surface area contributed by atoms with E-state index in [1.807, 2.05) is 12.1 Å². The molecule has 1 aromatic rings. The van der Waals surface area contributed by atoms with E-state index in [1.54, 1.807) is 6.07 Å². The SMILES string of the molecule is N#Cc1c(Cl)cccc1N1CCCCC1. The van der Waals surface area contributed by atoms with Crippen molar-refractivity contribution in [2.45, 2.75) is 19.3 Å². The van der Waals surface area contributed by atoms with E-state index in [1.165, 1.54) is 19.3 Å². The second-order valence-corrected chi connectivity index (χ2v) is 4.20. The highest BCUT2D eigenvalue weighted by Gasteiger charge is 2.15. The molecule has 78 valence electrons. The van der Waals surface area contributed by atoms with Crippen LogP contribution < -0.4 is 4.90 Å². The summed E-state index contributed by atoms with van der Waals surface area (Å²) in [7, 11) is 0. The molecule has 3 heteroatoms. The van der Waals surface area contributed by atoms with Crippen LogP contribution in [0.15, 0.2) is 18.2 Å². The molecule has 0 spiro atoms. The monoisotopic (exact) mass is 220 g/mol. The highest BCUT2D eigenvalue weighted by Crippen LogP contribution is 2.28. The molecule has 0 saturated carbocycles. The number of hydrogen-bond acceptors (Lipinski definition) is 2. The first kappa shape index (κ1) is 10.3. The zero-order chi connectivity index (χ0) is 10.7. The van der Waals surface area contributed by atoms with Crippen molar-refractivity contribution in [3.8, 4) is 6.07 Å². The molecule has 1 aromatic carbocycles. The largest absolute Gasteiger partial charge is 0.370 e. The van der Waals surface area contributed by atoms with Crippen LogP contribution in [0, 0.1) is 11.3 Å². The fourth-order valence-corrected chi connectivity index (χ4v) is 2.23. The van der Waals surface area contributed by atoms with E-state index in [4.69, 9.17) is 16.9 Å². The highest BCUT2D eigenvalue weighted by atomic mass is 35.5. The molecule has 1 aliphatic rings. The maximum absolute atomic E-state index is 9.07. The van der Waals surface area contributed by atoms with Gasteiger partial charge in [0.05, 0.1) is 16.3 Å². The van der Waals surface area contributed by atoms with Crippen LogP contribution in [0.1, 0.15) is 24.8 Å². The van der Waals surface area contributed by atoms with Gasteiger partial charge in [-0.25, -0.2) is 0 Å². The summed E-state index contributed by atoms with van der Waals surface area (Å²) in [5.74, 6) is 0. The second-order valence-electron chi connectivity index (χ2n) is 3.79. The lowest BCUT2D eigenvalue weighted by Crippen LogP contribution is -2.30. The Morgan fingerprint density at radius 2 is 1.93 bits per heavy atom. The Morgan fingerprint density at radius 1 is 1.20 bits per heavy atom. The number of benzene rings is 1. The molecule has 0 unspecified atom stereocenters. The summed E-state index contributed by atoms with van der Waals surface area (Å²) in [6.45, 7) is 2.07. The molecule has 0 aromatic heterocycles. The topological polar surface area (TPSA) is 27.0 Å². The summed E-state index contributed by atoms with van der Waals surface area (Å²) < 4.78 is 0. The van der Waals surface area contributed by atoms with E-state index >= 15 is 0 Å². The standard InChI is InChI=1S/C12H13ClN2/c13-11-5-4-6-12(10(11)9-14)15-7-2-1-3-8-15/h4-6H,1-3,7-8H2. The predicted molar refractivity (Wildman–Crippen MR) is 62.2 cm³/mol. The molecule has 0 radical (unpaired) electrons. The predicted octanol–water partition coefficient (Wildman–Crippen LogP) is 3.20. The van der Waals surface area contributed by atoms with Gasteiger partial charge in [-0.2, -0.15) is 5.26 Å². The normalized spacial score (nSPS) is 16.1. The lowest BCUT2D eigenvalue weighted by molar-refractivity contribution is 0.577. The smallest absolute Gasteiger partial charge is 0.103 e. The molecule has 0 amide bonds. The van der Waals surface area contributed by atoms with E-state index in [9.17, 15) is 0 Å². The minimum absolute atomic E-state index is 0.556. The molecule has 0 aliphatic carbocycles. The van der Waals surface area contributed by atoms with Gasteiger partial charge in [-0.1, -0.05) is 17.7 Å². The molecular formula is C12H13ClN2. The van der Waals surface area contributed by atoms with Crippen molar-refractivity contribution in [2.24, 2.45) is 0 Å². The van der Waals surface area contributed by atoms with Gasteiger partial charge in [0.2, 0.25) is 0 Å². The first-order chi connectivity index (χ1) is 7.33. The number of rotatable bonds is 1. The molecule has 1 saturated heterocycles. The Morgan fingerprint density at radius 3 is 2.60 bits per heavy atom. The molecule has 0 N–H and O–H groups in total. The van der Waals surface area contributed by atoms with Gasteiger partial charge in [-0.3, -0.25) is 0 Å². The van der Waals surface area contributed by atoms with Gasteiger partial charge < -0.3 is 4.90 Å². The zero-order valence-corrected chi connectivity index (χ0v) is 9.30. The van der Waals surface area contributed by atoms with Crippen LogP contribution in [-0.2, 0) is 0 Å². The molecule has 2 nitrogen and oxygen atoms in total. The Bertz CT molecular complexity index is 389. The van der Waals surface area contributed by atoms with E-state index in [0.717, 1.165) is 18.8 Å².